The molecule has 238 valence electrons. The summed E-state index contributed by atoms with van der Waals surface area (Å²) in [5, 5.41) is 5.84. The van der Waals surface area contributed by atoms with E-state index in [1.807, 2.05) is 48.2 Å². The van der Waals surface area contributed by atoms with E-state index in [1.54, 1.807) is 48.5 Å². The van der Waals surface area contributed by atoms with Gasteiger partial charge < -0.3 is 25.2 Å². The molecule has 0 saturated carbocycles. The number of benzene rings is 4. The van der Waals surface area contributed by atoms with Crippen LogP contribution in [0.25, 0.3) is 0 Å². The maximum Gasteiger partial charge on any atom is 0.255 e. The molecule has 2 N–H and O–H groups in total. The summed E-state index contributed by atoms with van der Waals surface area (Å²) < 4.78 is 18.7. The van der Waals surface area contributed by atoms with Crippen molar-refractivity contribution in [2.24, 2.45) is 0 Å². The van der Waals surface area contributed by atoms with Gasteiger partial charge in [-0.05, 0) is 72.5 Å². The zero-order chi connectivity index (χ0) is 32.5. The second-order valence-electron chi connectivity index (χ2n) is 11.3. The number of nitrogens with zero attached hydrogens (tertiary/aromatic N) is 2. The minimum absolute atomic E-state index is 0.114. The van der Waals surface area contributed by atoms with Crippen LogP contribution in [-0.4, -0.2) is 55.9 Å². The smallest absolute Gasteiger partial charge is 0.255 e. The molecular weight excluding hydrogens is 583 g/mol. The van der Waals surface area contributed by atoms with Crippen molar-refractivity contribution in [1.29, 1.82) is 0 Å². The molecular formula is C37H39FN4O4. The molecule has 0 aliphatic carbocycles. The Balaban J connectivity index is 1.36. The molecule has 5 rings (SSSR count). The predicted octanol–water partition coefficient (Wildman–Crippen LogP) is 6.25. The average Bonchev–Trinajstić information content (AvgIpc) is 3.35. The Morgan fingerprint density at radius 3 is 2.37 bits per heavy atom. The second kappa shape index (κ2) is 15.2. The first-order valence-electron chi connectivity index (χ1n) is 15.6. The molecule has 0 unspecified atom stereocenters. The van der Waals surface area contributed by atoms with Gasteiger partial charge in [-0.15, -0.1) is 0 Å². The Labute approximate surface area is 269 Å². The molecule has 0 radical (unpaired) electrons. The maximum atomic E-state index is 13.7. The number of halogens is 1. The van der Waals surface area contributed by atoms with Crippen LogP contribution < -0.4 is 20.3 Å². The molecule has 9 heteroatoms. The van der Waals surface area contributed by atoms with Crippen LogP contribution in [0.4, 0.5) is 15.8 Å². The molecule has 1 saturated heterocycles. The summed E-state index contributed by atoms with van der Waals surface area (Å²) in [6.45, 7) is 4.58. The molecule has 1 heterocycles. The van der Waals surface area contributed by atoms with E-state index in [0.29, 0.717) is 60.9 Å². The number of rotatable bonds is 10. The van der Waals surface area contributed by atoms with Gasteiger partial charge in [-0.2, -0.15) is 0 Å². The number of ether oxygens (including phenoxy) is 1. The third kappa shape index (κ3) is 7.90. The molecule has 1 fully saturated rings. The zero-order valence-corrected chi connectivity index (χ0v) is 26.2. The van der Waals surface area contributed by atoms with Crippen LogP contribution in [-0.2, 0) is 11.3 Å². The fourth-order valence-corrected chi connectivity index (χ4v) is 5.76. The van der Waals surface area contributed by atoms with Crippen molar-refractivity contribution >= 4 is 29.1 Å². The highest BCUT2D eigenvalue weighted by atomic mass is 19.1. The summed E-state index contributed by atoms with van der Waals surface area (Å²) in [6.07, 6.45) is 1.45. The molecule has 1 aliphatic heterocycles. The molecule has 46 heavy (non-hydrogen) atoms. The van der Waals surface area contributed by atoms with E-state index in [4.69, 9.17) is 4.74 Å². The summed E-state index contributed by atoms with van der Waals surface area (Å²) in [6, 6.07) is 27.9. The molecule has 4 aromatic rings. The van der Waals surface area contributed by atoms with Crippen molar-refractivity contribution in [3.8, 4) is 5.75 Å². The monoisotopic (exact) mass is 622 g/mol. The Kier molecular flexibility index (Phi) is 10.7. The van der Waals surface area contributed by atoms with Gasteiger partial charge in [0.15, 0.2) is 0 Å². The van der Waals surface area contributed by atoms with E-state index in [0.717, 1.165) is 17.5 Å². The topological polar surface area (TPSA) is 91.0 Å². The predicted molar refractivity (Wildman–Crippen MR) is 178 cm³/mol. The van der Waals surface area contributed by atoms with Crippen LogP contribution in [0, 0.1) is 5.82 Å². The summed E-state index contributed by atoms with van der Waals surface area (Å²) in [5.74, 6) is -0.538. The third-order valence-electron chi connectivity index (χ3n) is 8.25. The van der Waals surface area contributed by atoms with Gasteiger partial charge in [-0.25, -0.2) is 4.39 Å². The lowest BCUT2D eigenvalue weighted by atomic mass is 9.95. The molecule has 1 aliphatic rings. The average molecular weight is 623 g/mol. The van der Waals surface area contributed by atoms with Gasteiger partial charge in [0.2, 0.25) is 5.91 Å². The van der Waals surface area contributed by atoms with Crippen LogP contribution in [0.2, 0.25) is 0 Å². The van der Waals surface area contributed by atoms with E-state index in [9.17, 15) is 18.8 Å². The van der Waals surface area contributed by atoms with E-state index in [2.05, 4.69) is 15.5 Å². The molecule has 0 bridgehead atoms. The fourth-order valence-electron chi connectivity index (χ4n) is 5.76. The summed E-state index contributed by atoms with van der Waals surface area (Å²) >= 11 is 0. The zero-order valence-electron chi connectivity index (χ0n) is 26.2. The molecule has 1 atom stereocenters. The Bertz CT molecular complexity index is 1660. The number of carbonyl (C=O) groups excluding carboxylic acids is 3. The maximum absolute atomic E-state index is 13.7. The minimum atomic E-state index is -0.348. The Morgan fingerprint density at radius 2 is 1.63 bits per heavy atom. The van der Waals surface area contributed by atoms with Gasteiger partial charge in [0.05, 0.1) is 18.6 Å². The van der Waals surface area contributed by atoms with E-state index < -0.39 is 0 Å². The lowest BCUT2D eigenvalue weighted by molar-refractivity contribution is -0.132. The first kappa shape index (κ1) is 32.2. The largest absolute Gasteiger partial charge is 0.497 e. The Hall–Kier alpha value is -5.18. The number of hydrogen-bond donors (Lipinski definition) is 2. The number of carbonyl (C=O) groups is 3. The number of amides is 3. The molecule has 3 amide bonds. The highest BCUT2D eigenvalue weighted by Crippen LogP contribution is 2.28. The lowest BCUT2D eigenvalue weighted by Crippen LogP contribution is -2.38. The van der Waals surface area contributed by atoms with Crippen LogP contribution >= 0.6 is 0 Å². The molecule has 8 nitrogen and oxygen atoms in total. The summed E-state index contributed by atoms with van der Waals surface area (Å²) in [5.41, 5.74) is 3.75. The van der Waals surface area contributed by atoms with Crippen molar-refractivity contribution in [1.82, 2.24) is 10.2 Å². The van der Waals surface area contributed by atoms with Gasteiger partial charge in [-0.1, -0.05) is 55.5 Å². The molecule has 0 spiro atoms. The third-order valence-corrected chi connectivity index (χ3v) is 8.25. The summed E-state index contributed by atoms with van der Waals surface area (Å²) in [4.78, 5) is 44.4. The lowest BCUT2D eigenvalue weighted by Gasteiger charge is -2.28. The first-order chi connectivity index (χ1) is 22.4. The van der Waals surface area contributed by atoms with Gasteiger partial charge in [-0.3, -0.25) is 14.4 Å². The van der Waals surface area contributed by atoms with E-state index >= 15 is 0 Å². The number of anilines is 2. The quantitative estimate of drug-likeness (QED) is 0.218. The highest BCUT2D eigenvalue weighted by molar-refractivity contribution is 6.06. The van der Waals surface area contributed by atoms with Gasteiger partial charge in [0.1, 0.15) is 11.6 Å². The normalized spacial score (nSPS) is 13.8. The van der Waals surface area contributed by atoms with Crippen molar-refractivity contribution in [3.05, 3.63) is 125 Å². The van der Waals surface area contributed by atoms with Crippen molar-refractivity contribution in [2.45, 2.75) is 32.2 Å². The molecule has 4 aromatic carbocycles. The Morgan fingerprint density at radius 1 is 0.848 bits per heavy atom. The van der Waals surface area contributed by atoms with Crippen molar-refractivity contribution in [3.63, 3.8) is 0 Å². The SMILES string of the molecule is CC[C@@H](C(=O)N1CCCN(c2ccc(NC(=O)c3cccc(OC)c3)cc2C(=O)NCc2ccc(F)cc2)CC1)c1ccccc1. The standard InChI is InChI=1S/C37H39FN4O4/c1-3-32(27-9-5-4-6-10-27)37(45)42-20-8-19-41(21-22-42)34-18-17-30(40-35(43)28-11-7-12-31(23-28)46-2)24-33(34)36(44)39-25-26-13-15-29(38)16-14-26/h4-7,9-18,23-24,32H,3,8,19-22,25H2,1-2H3,(H,39,44)(H,40,43)/t32-/m1/s1. The van der Waals surface area contributed by atoms with Crippen LogP contribution in [0.5, 0.6) is 5.75 Å². The summed E-state index contributed by atoms with van der Waals surface area (Å²) in [7, 11) is 1.54. The van der Waals surface area contributed by atoms with Gasteiger partial charge in [0.25, 0.3) is 11.8 Å². The van der Waals surface area contributed by atoms with Crippen molar-refractivity contribution < 1.29 is 23.5 Å². The number of hydrogen-bond acceptors (Lipinski definition) is 5. The van der Waals surface area contributed by atoms with Crippen LogP contribution in [0.1, 0.15) is 57.5 Å². The molecule has 0 aromatic heterocycles. The van der Waals surface area contributed by atoms with Gasteiger partial charge in [0, 0.05) is 49.7 Å². The minimum Gasteiger partial charge on any atom is -0.497 e. The van der Waals surface area contributed by atoms with E-state index in [-0.39, 0.29) is 36.0 Å². The number of nitrogens with one attached hydrogen (secondary N) is 2. The first-order valence-corrected chi connectivity index (χ1v) is 15.6. The van der Waals surface area contributed by atoms with Crippen molar-refractivity contribution in [2.75, 3.05) is 43.5 Å². The van der Waals surface area contributed by atoms with E-state index in [1.165, 1.54) is 19.2 Å². The highest BCUT2D eigenvalue weighted by Gasteiger charge is 2.27. The van der Waals surface area contributed by atoms with Crippen LogP contribution in [0.15, 0.2) is 97.1 Å². The second-order valence-corrected chi connectivity index (χ2v) is 11.3. The van der Waals surface area contributed by atoms with Crippen LogP contribution in [0.3, 0.4) is 0 Å². The van der Waals surface area contributed by atoms with Gasteiger partial charge >= 0.3 is 0 Å². The number of methoxy groups -OCH3 is 1. The fraction of sp³-hybridized carbons (Fsp3) is 0.270.